The van der Waals surface area contributed by atoms with Gasteiger partial charge in [-0.15, -0.1) is 0 Å². The second kappa shape index (κ2) is 12.6. The Kier molecular flexibility index (Phi) is 9.51. The predicted octanol–water partition coefficient (Wildman–Crippen LogP) is 4.23. The van der Waals surface area contributed by atoms with Crippen LogP contribution in [0.4, 0.5) is 14.9 Å². The van der Waals surface area contributed by atoms with E-state index in [9.17, 15) is 9.18 Å². The molecule has 1 heterocycles. The molecule has 1 fully saturated rings. The first-order chi connectivity index (χ1) is 16.0. The van der Waals surface area contributed by atoms with E-state index in [-0.39, 0.29) is 30.6 Å². The third-order valence-corrected chi connectivity index (χ3v) is 5.80. The highest BCUT2D eigenvalue weighted by Gasteiger charge is 2.24. The average Bonchev–Trinajstić information content (AvgIpc) is 2.79. The SMILES string of the molecule is COCCN(CCCc1ccccc1)C(=O)NCc1ccc(N2CC(C)OC(C)C2)c(F)c1. The molecule has 1 aliphatic heterocycles. The van der Waals surface area contributed by atoms with Crippen LogP contribution in [0, 0.1) is 5.82 Å². The first-order valence-electron chi connectivity index (χ1n) is 11.7. The fourth-order valence-electron chi connectivity index (χ4n) is 4.22. The van der Waals surface area contributed by atoms with Crippen LogP contribution in [0.2, 0.25) is 0 Å². The molecule has 2 unspecified atom stereocenters. The zero-order valence-corrected chi connectivity index (χ0v) is 19.9. The van der Waals surface area contributed by atoms with Crippen molar-refractivity contribution in [1.29, 1.82) is 0 Å². The molecule has 0 aromatic heterocycles. The average molecular weight is 458 g/mol. The Balaban J connectivity index is 1.53. The number of nitrogens with zero attached hydrogens (tertiary/aromatic N) is 2. The molecule has 0 spiro atoms. The summed E-state index contributed by atoms with van der Waals surface area (Å²) in [5, 5.41) is 2.93. The number of hydrogen-bond donors (Lipinski definition) is 1. The van der Waals surface area contributed by atoms with Crippen molar-refractivity contribution in [2.45, 2.75) is 45.4 Å². The van der Waals surface area contributed by atoms with Crippen LogP contribution in [0.15, 0.2) is 48.5 Å². The van der Waals surface area contributed by atoms with Crippen molar-refractivity contribution in [1.82, 2.24) is 10.2 Å². The van der Waals surface area contributed by atoms with Crippen LogP contribution in [0.3, 0.4) is 0 Å². The Bertz CT molecular complexity index is 870. The number of morpholine rings is 1. The number of anilines is 1. The summed E-state index contributed by atoms with van der Waals surface area (Å²) >= 11 is 0. The number of amides is 2. The summed E-state index contributed by atoms with van der Waals surface area (Å²) in [6.45, 7) is 7.21. The Hall–Kier alpha value is -2.64. The molecule has 0 saturated carbocycles. The van der Waals surface area contributed by atoms with Crippen molar-refractivity contribution in [2.75, 3.05) is 44.8 Å². The van der Waals surface area contributed by atoms with Gasteiger partial charge in [-0.1, -0.05) is 36.4 Å². The monoisotopic (exact) mass is 457 g/mol. The standard InChI is InChI=1S/C26H36FN3O3/c1-20-18-30(19-21(2)33-20)25-12-11-23(16-24(25)27)17-28-26(31)29(14-15-32-3)13-7-10-22-8-5-4-6-9-22/h4-6,8-9,11-12,16,20-21H,7,10,13-15,17-19H2,1-3H3,(H,28,31). The van der Waals surface area contributed by atoms with Gasteiger partial charge in [0.15, 0.2) is 0 Å². The maximum atomic E-state index is 14.8. The van der Waals surface area contributed by atoms with Crippen LogP contribution >= 0.6 is 0 Å². The van der Waals surface area contributed by atoms with Crippen LogP contribution < -0.4 is 10.2 Å². The van der Waals surface area contributed by atoms with Crippen LogP contribution in [-0.4, -0.2) is 63.0 Å². The molecule has 1 aliphatic rings. The van der Waals surface area contributed by atoms with Gasteiger partial charge in [0.25, 0.3) is 0 Å². The van der Waals surface area contributed by atoms with Crippen LogP contribution in [-0.2, 0) is 22.4 Å². The maximum absolute atomic E-state index is 14.8. The second-order valence-electron chi connectivity index (χ2n) is 8.68. The molecule has 3 rings (SSSR count). The molecule has 180 valence electrons. The lowest BCUT2D eigenvalue weighted by Crippen LogP contribution is -2.45. The number of halogens is 1. The number of ether oxygens (including phenoxy) is 2. The van der Waals surface area contributed by atoms with E-state index < -0.39 is 0 Å². The number of aryl methyl sites for hydroxylation is 1. The number of urea groups is 1. The molecule has 1 saturated heterocycles. The lowest BCUT2D eigenvalue weighted by atomic mass is 10.1. The molecule has 7 heteroatoms. The van der Waals surface area contributed by atoms with Gasteiger partial charge in [-0.25, -0.2) is 9.18 Å². The number of carbonyl (C=O) groups excluding carboxylic acids is 1. The van der Waals surface area contributed by atoms with Gasteiger partial charge in [0.1, 0.15) is 5.82 Å². The molecule has 2 aromatic carbocycles. The zero-order valence-electron chi connectivity index (χ0n) is 19.9. The number of methoxy groups -OCH3 is 1. The highest BCUT2D eigenvalue weighted by molar-refractivity contribution is 5.74. The summed E-state index contributed by atoms with van der Waals surface area (Å²) in [7, 11) is 1.63. The van der Waals surface area contributed by atoms with E-state index in [1.54, 1.807) is 18.1 Å². The van der Waals surface area contributed by atoms with Crippen molar-refractivity contribution in [3.63, 3.8) is 0 Å². The minimum Gasteiger partial charge on any atom is -0.383 e. The van der Waals surface area contributed by atoms with Gasteiger partial charge < -0.3 is 24.6 Å². The van der Waals surface area contributed by atoms with Gasteiger partial charge in [-0.3, -0.25) is 0 Å². The van der Waals surface area contributed by atoms with E-state index in [2.05, 4.69) is 17.4 Å². The van der Waals surface area contributed by atoms with E-state index in [1.165, 1.54) is 11.6 Å². The van der Waals surface area contributed by atoms with Crippen molar-refractivity contribution >= 4 is 11.7 Å². The van der Waals surface area contributed by atoms with E-state index >= 15 is 0 Å². The highest BCUT2D eigenvalue weighted by Crippen LogP contribution is 2.24. The Morgan fingerprint density at radius 3 is 2.52 bits per heavy atom. The smallest absolute Gasteiger partial charge is 0.317 e. The Labute approximate surface area is 196 Å². The second-order valence-corrected chi connectivity index (χ2v) is 8.68. The van der Waals surface area contributed by atoms with Gasteiger partial charge in [0.2, 0.25) is 0 Å². The summed E-state index contributed by atoms with van der Waals surface area (Å²) in [5.74, 6) is -0.276. The first-order valence-corrected chi connectivity index (χ1v) is 11.7. The van der Waals surface area contributed by atoms with Gasteiger partial charge >= 0.3 is 6.03 Å². The number of nitrogens with one attached hydrogen (secondary N) is 1. The van der Waals surface area contributed by atoms with Gasteiger partial charge in [-0.2, -0.15) is 0 Å². The Morgan fingerprint density at radius 2 is 1.85 bits per heavy atom. The summed E-state index contributed by atoms with van der Waals surface area (Å²) in [4.78, 5) is 16.6. The largest absolute Gasteiger partial charge is 0.383 e. The van der Waals surface area contributed by atoms with Crippen LogP contribution in [0.1, 0.15) is 31.4 Å². The fraction of sp³-hybridized carbons (Fsp3) is 0.500. The summed E-state index contributed by atoms with van der Waals surface area (Å²) < 4.78 is 25.8. The first kappa shape index (κ1) is 25.0. The molecule has 2 atom stereocenters. The third kappa shape index (κ3) is 7.72. The summed E-state index contributed by atoms with van der Waals surface area (Å²) in [6.07, 6.45) is 1.89. The maximum Gasteiger partial charge on any atom is 0.317 e. The van der Waals surface area contributed by atoms with Crippen molar-refractivity contribution in [2.24, 2.45) is 0 Å². The zero-order chi connectivity index (χ0) is 23.6. The number of carbonyl (C=O) groups is 1. The molecular formula is C26H36FN3O3. The number of benzene rings is 2. The summed E-state index contributed by atoms with van der Waals surface area (Å²) in [5.41, 5.74) is 2.56. The predicted molar refractivity (Wildman–Crippen MR) is 129 cm³/mol. The fourth-order valence-corrected chi connectivity index (χ4v) is 4.22. The van der Waals surface area contributed by atoms with Crippen molar-refractivity contribution in [3.8, 4) is 0 Å². The van der Waals surface area contributed by atoms with Crippen LogP contribution in [0.25, 0.3) is 0 Å². The van der Waals surface area contributed by atoms with E-state index in [0.717, 1.165) is 18.4 Å². The quantitative estimate of drug-likeness (QED) is 0.580. The molecule has 33 heavy (non-hydrogen) atoms. The molecule has 6 nitrogen and oxygen atoms in total. The number of hydrogen-bond acceptors (Lipinski definition) is 4. The van der Waals surface area contributed by atoms with Crippen LogP contribution in [0.5, 0.6) is 0 Å². The van der Waals surface area contributed by atoms with E-state index in [0.29, 0.717) is 38.5 Å². The lowest BCUT2D eigenvalue weighted by Gasteiger charge is -2.37. The van der Waals surface area contributed by atoms with Gasteiger partial charge in [-0.05, 0) is 49.9 Å². The minimum absolute atomic E-state index is 0.0621. The molecular weight excluding hydrogens is 421 g/mol. The van der Waals surface area contributed by atoms with Gasteiger partial charge in [0.05, 0.1) is 24.5 Å². The molecule has 0 radical (unpaired) electrons. The normalized spacial score (nSPS) is 18.2. The van der Waals surface area contributed by atoms with E-state index in [4.69, 9.17) is 9.47 Å². The molecule has 2 aromatic rings. The lowest BCUT2D eigenvalue weighted by molar-refractivity contribution is -0.00539. The van der Waals surface area contributed by atoms with Crippen molar-refractivity contribution in [3.05, 3.63) is 65.5 Å². The minimum atomic E-state index is -0.276. The number of rotatable bonds is 10. The van der Waals surface area contributed by atoms with E-state index in [1.807, 2.05) is 43.0 Å². The molecule has 1 N–H and O–H groups in total. The van der Waals surface area contributed by atoms with Crippen molar-refractivity contribution < 1.29 is 18.7 Å². The third-order valence-electron chi connectivity index (χ3n) is 5.80. The van der Waals surface area contributed by atoms with Gasteiger partial charge in [0, 0.05) is 39.8 Å². The topological polar surface area (TPSA) is 54.0 Å². The Morgan fingerprint density at radius 1 is 1.12 bits per heavy atom. The molecule has 0 bridgehead atoms. The molecule has 2 amide bonds. The highest BCUT2D eigenvalue weighted by atomic mass is 19.1. The molecule has 0 aliphatic carbocycles. The summed E-state index contributed by atoms with van der Waals surface area (Å²) in [6, 6.07) is 15.2.